The third-order valence-corrected chi connectivity index (χ3v) is 10.7. The molecule has 0 aliphatic carbocycles. The number of fused-ring (bicyclic) bond motifs is 5. The van der Waals surface area contributed by atoms with Crippen molar-refractivity contribution in [3.8, 4) is 43.5 Å². The van der Waals surface area contributed by atoms with Crippen LogP contribution >= 0.6 is 22.9 Å². The van der Waals surface area contributed by atoms with E-state index in [1.165, 1.54) is 53.5 Å². The molecule has 0 fully saturated rings. The van der Waals surface area contributed by atoms with E-state index < -0.39 is 0 Å². The Balaban J connectivity index is 1.28. The maximum absolute atomic E-state index is 4.79. The van der Waals surface area contributed by atoms with Crippen LogP contribution in [0.5, 0.6) is 0 Å². The molecule has 0 aliphatic heterocycles. The van der Waals surface area contributed by atoms with Gasteiger partial charge in [0.2, 0.25) is 0 Å². The zero-order chi connectivity index (χ0) is 29.7. The van der Waals surface area contributed by atoms with Crippen molar-refractivity contribution in [2.24, 2.45) is 0 Å². The number of hydrogen-bond donors (Lipinski definition) is 0. The van der Waals surface area contributed by atoms with Crippen LogP contribution in [0.4, 0.5) is 0 Å². The predicted molar refractivity (Wildman–Crippen MR) is 190 cm³/mol. The number of para-hydroxylation sites is 2. The fraction of sp³-hybridized carbons (Fsp3) is 0. The van der Waals surface area contributed by atoms with E-state index in [0.29, 0.717) is 0 Å². The van der Waals surface area contributed by atoms with Crippen molar-refractivity contribution < 1.29 is 3.96 Å². The first-order valence-electron chi connectivity index (χ1n) is 15.0. The lowest BCUT2D eigenvalue weighted by Crippen LogP contribution is -2.23. The summed E-state index contributed by atoms with van der Waals surface area (Å²) in [4.78, 5) is 6.10. The molecule has 0 amide bonds. The maximum atomic E-state index is 4.79. The zero-order valence-electron chi connectivity index (χ0n) is 24.2. The minimum atomic E-state index is 0.988. The van der Waals surface area contributed by atoms with Crippen molar-refractivity contribution in [2.75, 3.05) is 0 Å². The Bertz CT molecular complexity index is 2470. The number of benzene rings is 6. The molecular weight excluding hydrogens is 587 g/mol. The van der Waals surface area contributed by atoms with E-state index in [1.54, 1.807) is 11.5 Å². The summed E-state index contributed by atoms with van der Waals surface area (Å²) in [6.07, 6.45) is 1.91. The third kappa shape index (κ3) is 4.32. The molecule has 0 bridgehead atoms. The average Bonchev–Trinajstić information content (AvgIpc) is 3.84. The van der Waals surface area contributed by atoms with E-state index in [4.69, 9.17) is 4.98 Å². The summed E-state index contributed by atoms with van der Waals surface area (Å²) in [5.41, 5.74) is 9.55. The Morgan fingerprint density at radius 3 is 2.04 bits per heavy atom. The summed E-state index contributed by atoms with van der Waals surface area (Å²) in [5, 5.41) is 4.85. The van der Waals surface area contributed by atoms with Gasteiger partial charge in [0.1, 0.15) is 5.69 Å². The van der Waals surface area contributed by atoms with Gasteiger partial charge in [-0.1, -0.05) is 109 Å². The number of thiophene rings is 1. The van der Waals surface area contributed by atoms with Gasteiger partial charge in [0.25, 0.3) is 5.01 Å². The number of hydrogen-bond acceptors (Lipinski definition) is 3. The van der Waals surface area contributed by atoms with Gasteiger partial charge in [0, 0.05) is 42.6 Å². The number of aromatic nitrogens is 3. The normalized spacial score (nSPS) is 11.6. The fourth-order valence-corrected chi connectivity index (χ4v) is 8.63. The molecule has 0 N–H and O–H groups in total. The van der Waals surface area contributed by atoms with Crippen LogP contribution in [-0.2, 0) is 0 Å². The summed E-state index contributed by atoms with van der Waals surface area (Å²) in [7, 11) is 0. The number of rotatable bonds is 5. The first-order valence-corrected chi connectivity index (χ1v) is 16.6. The van der Waals surface area contributed by atoms with E-state index >= 15 is 0 Å². The molecular formula is C40H26N3S2+. The quantitative estimate of drug-likeness (QED) is 0.177. The molecule has 5 heteroatoms. The largest absolute Gasteiger partial charge is 0.309 e. The standard InChI is InChI=1S/C40H26N3S2/c1-4-13-27(14-5-1)36-33-23-24-35-37(39(33)44-38(36)28-15-6-2-7-16-28)32-21-10-11-22-34(32)43(35)31-20-12-17-29(25-31)40-41-26-42(45-40)30-18-8-3-9-19-30/h1-26H/q+1. The Labute approximate surface area is 268 Å². The Morgan fingerprint density at radius 2 is 1.24 bits per heavy atom. The molecule has 212 valence electrons. The van der Waals surface area contributed by atoms with Crippen molar-refractivity contribution in [1.82, 2.24) is 9.55 Å². The van der Waals surface area contributed by atoms with Gasteiger partial charge in [-0.25, -0.2) is 0 Å². The van der Waals surface area contributed by atoms with Crippen molar-refractivity contribution in [2.45, 2.75) is 0 Å². The van der Waals surface area contributed by atoms with Crippen molar-refractivity contribution in [1.29, 1.82) is 0 Å². The molecule has 9 aromatic rings. The second-order valence-corrected chi connectivity index (χ2v) is 13.1. The predicted octanol–water partition coefficient (Wildman–Crippen LogP) is 10.7. The Hall–Kier alpha value is -5.36. The SMILES string of the molecule is c1ccc(-c2sc3c(ccc4c3c3ccccc3n4-c3cccc(-c4nc[n+](-c5ccccc5)s4)c3)c2-c2ccccc2)cc1. The summed E-state index contributed by atoms with van der Waals surface area (Å²) < 4.78 is 5.85. The van der Waals surface area contributed by atoms with E-state index in [-0.39, 0.29) is 0 Å². The lowest BCUT2D eigenvalue weighted by molar-refractivity contribution is -0.522. The van der Waals surface area contributed by atoms with Gasteiger partial charge in [-0.2, -0.15) is 0 Å². The lowest BCUT2D eigenvalue weighted by Gasteiger charge is -2.09. The highest BCUT2D eigenvalue weighted by molar-refractivity contribution is 7.24. The van der Waals surface area contributed by atoms with Crippen LogP contribution < -0.4 is 3.96 Å². The van der Waals surface area contributed by atoms with Crippen LogP contribution in [0.3, 0.4) is 0 Å². The molecule has 0 unspecified atom stereocenters. The second kappa shape index (κ2) is 10.7. The Morgan fingerprint density at radius 1 is 0.556 bits per heavy atom. The molecule has 6 aromatic carbocycles. The molecule has 3 aromatic heterocycles. The molecule has 0 saturated carbocycles. The molecule has 0 aliphatic rings. The van der Waals surface area contributed by atoms with Gasteiger partial charge in [-0.05, 0) is 58.6 Å². The summed E-state index contributed by atoms with van der Waals surface area (Å²) in [5.74, 6) is 0. The molecule has 3 nitrogen and oxygen atoms in total. The van der Waals surface area contributed by atoms with Crippen LogP contribution in [0.2, 0.25) is 0 Å². The third-order valence-electron chi connectivity index (χ3n) is 8.42. The van der Waals surface area contributed by atoms with Crippen molar-refractivity contribution in [3.63, 3.8) is 0 Å². The molecule has 0 saturated heterocycles. The number of nitrogens with zero attached hydrogens (tertiary/aromatic N) is 3. The highest BCUT2D eigenvalue weighted by Crippen LogP contribution is 2.49. The second-order valence-electron chi connectivity index (χ2n) is 11.1. The topological polar surface area (TPSA) is 21.7 Å². The van der Waals surface area contributed by atoms with Gasteiger partial charge in [-0.15, -0.1) is 15.3 Å². The summed E-state index contributed by atoms with van der Waals surface area (Å²) >= 11 is 3.55. The lowest BCUT2D eigenvalue weighted by atomic mass is 9.98. The first kappa shape index (κ1) is 26.1. The van der Waals surface area contributed by atoms with Crippen molar-refractivity contribution in [3.05, 3.63) is 158 Å². The molecule has 45 heavy (non-hydrogen) atoms. The minimum absolute atomic E-state index is 0.988. The smallest absolute Gasteiger partial charge is 0.304 e. The van der Waals surface area contributed by atoms with Gasteiger partial charge in [-0.3, -0.25) is 0 Å². The average molecular weight is 613 g/mol. The van der Waals surface area contributed by atoms with Crippen LogP contribution in [0.25, 0.3) is 75.4 Å². The molecule has 0 spiro atoms. The van der Waals surface area contributed by atoms with E-state index in [1.807, 2.05) is 23.7 Å². The maximum Gasteiger partial charge on any atom is 0.304 e. The molecule has 3 heterocycles. The van der Waals surface area contributed by atoms with Crippen LogP contribution in [0.15, 0.2) is 158 Å². The van der Waals surface area contributed by atoms with Crippen LogP contribution in [-0.4, -0.2) is 9.55 Å². The van der Waals surface area contributed by atoms with Crippen molar-refractivity contribution >= 4 is 54.8 Å². The van der Waals surface area contributed by atoms with Crippen LogP contribution in [0, 0.1) is 0 Å². The van der Waals surface area contributed by atoms with Gasteiger partial charge in [0.15, 0.2) is 0 Å². The van der Waals surface area contributed by atoms with Gasteiger partial charge in [0.05, 0.1) is 22.6 Å². The molecule has 0 radical (unpaired) electrons. The Kier molecular flexibility index (Phi) is 6.18. The summed E-state index contributed by atoms with van der Waals surface area (Å²) in [6, 6.07) is 54.2. The molecule has 9 rings (SSSR count). The van der Waals surface area contributed by atoms with E-state index in [0.717, 1.165) is 21.9 Å². The highest BCUT2D eigenvalue weighted by Gasteiger charge is 2.22. The molecule has 0 atom stereocenters. The van der Waals surface area contributed by atoms with E-state index in [9.17, 15) is 0 Å². The highest BCUT2D eigenvalue weighted by atomic mass is 32.1. The minimum Gasteiger partial charge on any atom is -0.309 e. The monoisotopic (exact) mass is 612 g/mol. The van der Waals surface area contributed by atoms with E-state index in [2.05, 4.69) is 154 Å². The first-order chi connectivity index (χ1) is 22.3. The van der Waals surface area contributed by atoms with Gasteiger partial charge < -0.3 is 4.57 Å². The zero-order valence-corrected chi connectivity index (χ0v) is 25.8. The van der Waals surface area contributed by atoms with Crippen LogP contribution in [0.1, 0.15) is 0 Å². The fourth-order valence-electron chi connectivity index (χ4n) is 6.41. The van der Waals surface area contributed by atoms with Gasteiger partial charge >= 0.3 is 6.33 Å². The summed E-state index contributed by atoms with van der Waals surface area (Å²) in [6.45, 7) is 0.